The molecule has 0 aliphatic rings. The first kappa shape index (κ1) is 19.3. The first-order valence-electron chi connectivity index (χ1n) is 7.10. The second kappa shape index (κ2) is 8.57. The van der Waals surface area contributed by atoms with Crippen LogP contribution in [-0.2, 0) is 16.1 Å². The molecule has 0 heterocycles. The van der Waals surface area contributed by atoms with Gasteiger partial charge in [-0.15, -0.1) is 0 Å². The molecule has 0 N–H and O–H groups in total. The minimum absolute atomic E-state index is 0. The maximum absolute atomic E-state index is 11.8. The predicted octanol–water partition coefficient (Wildman–Crippen LogP) is 0.513. The van der Waals surface area contributed by atoms with Crippen LogP contribution < -0.4 is 4.70 Å². The Morgan fingerprint density at radius 2 is 1.86 bits per heavy atom. The van der Waals surface area contributed by atoms with Crippen LogP contribution in [-0.4, -0.2) is 30.8 Å². The van der Waals surface area contributed by atoms with Crippen LogP contribution in [0.25, 0.3) is 0 Å². The summed E-state index contributed by atoms with van der Waals surface area (Å²) in [6, 6.07) is 10.3. The van der Waals surface area contributed by atoms with Gasteiger partial charge in [-0.1, -0.05) is 43.8 Å². The van der Waals surface area contributed by atoms with Crippen LogP contribution >= 0.6 is 0 Å². The van der Waals surface area contributed by atoms with Crippen LogP contribution in [0, 0.1) is 0 Å². The molecule has 21 heavy (non-hydrogen) atoms. The van der Waals surface area contributed by atoms with Crippen LogP contribution in [0.15, 0.2) is 42.5 Å². The molecule has 118 valence electrons. The summed E-state index contributed by atoms with van der Waals surface area (Å²) >= 11 is 0. The summed E-state index contributed by atoms with van der Waals surface area (Å²) in [5.74, 6) is -0.303. The zero-order chi connectivity index (χ0) is 15.2. The Morgan fingerprint density at radius 1 is 1.29 bits per heavy atom. The number of quaternary nitrogens is 1. The molecule has 0 aliphatic heterocycles. The number of esters is 1. The molecule has 1 rings (SSSR count). The van der Waals surface area contributed by atoms with Gasteiger partial charge in [0.05, 0.1) is 14.1 Å². The van der Waals surface area contributed by atoms with Crippen LogP contribution in [0.3, 0.4) is 0 Å². The van der Waals surface area contributed by atoms with Crippen LogP contribution in [0.4, 0.5) is 0 Å². The first-order valence-corrected chi connectivity index (χ1v) is 7.10. The van der Waals surface area contributed by atoms with E-state index in [0.717, 1.165) is 19.4 Å². The highest BCUT2D eigenvalue weighted by molar-refractivity contribution is 5.86. The second-order valence-corrected chi connectivity index (χ2v) is 5.85. The first-order chi connectivity index (χ1) is 9.36. The van der Waals surface area contributed by atoms with Crippen LogP contribution in [0.5, 0.6) is 0 Å². The van der Waals surface area contributed by atoms with E-state index >= 15 is 0 Å². The molecule has 0 aliphatic carbocycles. The lowest BCUT2D eigenvalue weighted by Crippen LogP contribution is -3.00. The number of carbonyl (C=O) groups excluding carboxylic acids is 1. The van der Waals surface area contributed by atoms with Crippen molar-refractivity contribution < 1.29 is 18.7 Å². The Hall–Kier alpha value is -1.68. The summed E-state index contributed by atoms with van der Waals surface area (Å²) in [7, 11) is 4.19. The standard InChI is InChI=1S/C17H26NO2.FH/c1-6-10-16(20-17(19)14(2)3)18(4,5)13-15-11-8-7-9-12-15;/h7-9,11-12,16H,2,6,10,13H2,1,3-5H3;1H/q+1;/p-1. The molecule has 1 aromatic rings. The fourth-order valence-corrected chi connectivity index (χ4v) is 2.18. The third-order valence-corrected chi connectivity index (χ3v) is 3.34. The number of hydrogen-bond donors (Lipinski definition) is 0. The molecular weight excluding hydrogens is 269 g/mol. The topological polar surface area (TPSA) is 26.3 Å². The van der Waals surface area contributed by atoms with Crippen molar-refractivity contribution in [3.8, 4) is 0 Å². The van der Waals surface area contributed by atoms with Gasteiger partial charge in [0, 0.05) is 17.6 Å². The second-order valence-electron chi connectivity index (χ2n) is 5.85. The van der Waals surface area contributed by atoms with Crippen molar-refractivity contribution in [2.45, 2.75) is 39.5 Å². The van der Waals surface area contributed by atoms with E-state index in [9.17, 15) is 4.79 Å². The number of halogens is 1. The minimum Gasteiger partial charge on any atom is -1.00 e. The fourth-order valence-electron chi connectivity index (χ4n) is 2.18. The molecule has 4 heteroatoms. The van der Waals surface area contributed by atoms with E-state index in [1.165, 1.54) is 5.56 Å². The van der Waals surface area contributed by atoms with Gasteiger partial charge in [-0.2, -0.15) is 0 Å². The average Bonchev–Trinajstić information content (AvgIpc) is 2.38. The Labute approximate surface area is 127 Å². The SMILES string of the molecule is C=C(C)C(=O)OC(CCC)[N+](C)(C)Cc1ccccc1.[F-]. The predicted molar refractivity (Wildman–Crippen MR) is 81.9 cm³/mol. The lowest BCUT2D eigenvalue weighted by Gasteiger charge is -2.37. The molecule has 0 spiro atoms. The van der Waals surface area contributed by atoms with Crippen LogP contribution in [0.1, 0.15) is 32.3 Å². The molecule has 0 radical (unpaired) electrons. The lowest BCUT2D eigenvalue weighted by atomic mass is 10.1. The normalized spacial score (nSPS) is 12.2. The molecule has 1 atom stereocenters. The molecule has 0 fully saturated rings. The van der Waals surface area contributed by atoms with Crippen molar-refractivity contribution in [3.63, 3.8) is 0 Å². The van der Waals surface area contributed by atoms with E-state index in [1.54, 1.807) is 6.92 Å². The average molecular weight is 295 g/mol. The monoisotopic (exact) mass is 295 g/mol. The maximum atomic E-state index is 11.8. The number of ether oxygens (including phenoxy) is 1. The van der Waals surface area contributed by atoms with Gasteiger partial charge in [-0.3, -0.25) is 4.48 Å². The van der Waals surface area contributed by atoms with Gasteiger partial charge in [0.1, 0.15) is 6.54 Å². The Balaban J connectivity index is 0.00000400. The van der Waals surface area contributed by atoms with Crippen molar-refractivity contribution in [1.29, 1.82) is 0 Å². The smallest absolute Gasteiger partial charge is 0.337 e. The van der Waals surface area contributed by atoms with Gasteiger partial charge in [0.25, 0.3) is 0 Å². The van der Waals surface area contributed by atoms with Crippen molar-refractivity contribution >= 4 is 5.97 Å². The number of rotatable bonds is 7. The van der Waals surface area contributed by atoms with Crippen molar-refractivity contribution in [2.75, 3.05) is 14.1 Å². The third-order valence-electron chi connectivity index (χ3n) is 3.34. The molecule has 3 nitrogen and oxygen atoms in total. The Morgan fingerprint density at radius 3 is 2.33 bits per heavy atom. The highest BCUT2D eigenvalue weighted by atomic mass is 19.0. The molecule has 0 bridgehead atoms. The summed E-state index contributed by atoms with van der Waals surface area (Å²) in [4.78, 5) is 11.8. The Bertz CT molecular complexity index is 457. The van der Waals surface area contributed by atoms with Gasteiger partial charge in [0.15, 0.2) is 0 Å². The number of hydrogen-bond acceptors (Lipinski definition) is 2. The van der Waals surface area contributed by atoms with Crippen LogP contribution in [0.2, 0.25) is 0 Å². The molecule has 0 saturated carbocycles. The quantitative estimate of drug-likeness (QED) is 0.317. The highest BCUT2D eigenvalue weighted by Crippen LogP contribution is 2.19. The zero-order valence-electron chi connectivity index (χ0n) is 13.4. The van der Waals surface area contributed by atoms with Gasteiger partial charge < -0.3 is 9.44 Å². The Kier molecular flexibility index (Phi) is 7.89. The van der Waals surface area contributed by atoms with Crippen molar-refractivity contribution in [2.24, 2.45) is 0 Å². The summed E-state index contributed by atoms with van der Waals surface area (Å²) in [5.41, 5.74) is 1.69. The molecule has 0 saturated heterocycles. The number of nitrogens with zero attached hydrogens (tertiary/aromatic N) is 1. The van der Waals surface area contributed by atoms with E-state index in [4.69, 9.17) is 4.74 Å². The van der Waals surface area contributed by atoms with E-state index in [0.29, 0.717) is 10.1 Å². The number of benzene rings is 1. The van der Waals surface area contributed by atoms with Crippen molar-refractivity contribution in [3.05, 3.63) is 48.0 Å². The van der Waals surface area contributed by atoms with Gasteiger partial charge in [-0.05, 0) is 13.3 Å². The lowest BCUT2D eigenvalue weighted by molar-refractivity contribution is -0.947. The van der Waals surface area contributed by atoms with E-state index in [2.05, 4.69) is 39.7 Å². The third kappa shape index (κ3) is 6.08. The summed E-state index contributed by atoms with van der Waals surface area (Å²) in [5, 5.41) is 0. The van der Waals surface area contributed by atoms with Gasteiger partial charge >= 0.3 is 5.97 Å². The number of carbonyl (C=O) groups is 1. The van der Waals surface area contributed by atoms with E-state index in [-0.39, 0.29) is 16.9 Å². The molecular formula is C17H26FNO2. The maximum Gasteiger partial charge on any atom is 0.337 e. The minimum atomic E-state index is -0.303. The molecule has 0 aromatic heterocycles. The highest BCUT2D eigenvalue weighted by Gasteiger charge is 2.31. The summed E-state index contributed by atoms with van der Waals surface area (Å²) in [6.07, 6.45) is 1.67. The van der Waals surface area contributed by atoms with E-state index < -0.39 is 0 Å². The fraction of sp³-hybridized carbons (Fsp3) is 0.471. The molecule has 1 aromatic carbocycles. The summed E-state index contributed by atoms with van der Waals surface area (Å²) < 4.78 is 6.24. The van der Waals surface area contributed by atoms with Gasteiger partial charge in [-0.25, -0.2) is 4.79 Å². The molecule has 1 unspecified atom stereocenters. The van der Waals surface area contributed by atoms with Gasteiger partial charge in [0.2, 0.25) is 6.23 Å². The summed E-state index contributed by atoms with van der Waals surface area (Å²) in [6.45, 7) is 8.27. The largest absolute Gasteiger partial charge is 1.00 e. The van der Waals surface area contributed by atoms with E-state index in [1.807, 2.05) is 18.2 Å². The zero-order valence-corrected chi connectivity index (χ0v) is 13.4. The van der Waals surface area contributed by atoms with Crippen molar-refractivity contribution in [1.82, 2.24) is 0 Å². The molecule has 0 amide bonds.